The zero-order chi connectivity index (χ0) is 11.6. The number of phenolic OH excluding ortho intramolecular Hbond substituents is 1. The second-order valence-corrected chi connectivity index (χ2v) is 3.19. The maximum absolute atomic E-state index is 11.3. The van der Waals surface area contributed by atoms with Crippen LogP contribution in [0.4, 0.5) is 0 Å². The van der Waals surface area contributed by atoms with Crippen LogP contribution < -0.4 is 9.47 Å². The third-order valence-corrected chi connectivity index (χ3v) is 2.24. The normalized spacial score (nSPS) is 9.87. The molecule has 0 unspecified atom stereocenters. The summed E-state index contributed by atoms with van der Waals surface area (Å²) in [6.45, 7) is 3.15. The van der Waals surface area contributed by atoms with Gasteiger partial charge in [0, 0.05) is 11.6 Å². The van der Waals surface area contributed by atoms with E-state index in [4.69, 9.17) is 9.47 Å². The monoisotopic (exact) mass is 210 g/mol. The van der Waals surface area contributed by atoms with Crippen LogP contribution in [-0.2, 0) is 0 Å². The van der Waals surface area contributed by atoms with E-state index in [1.165, 1.54) is 27.2 Å². The second-order valence-electron chi connectivity index (χ2n) is 3.19. The lowest BCUT2D eigenvalue weighted by molar-refractivity contribution is 0.101. The van der Waals surface area contributed by atoms with Crippen molar-refractivity contribution >= 4 is 5.78 Å². The van der Waals surface area contributed by atoms with Crippen molar-refractivity contribution in [2.45, 2.75) is 13.8 Å². The molecule has 0 fully saturated rings. The lowest BCUT2D eigenvalue weighted by atomic mass is 10.0. The van der Waals surface area contributed by atoms with E-state index in [-0.39, 0.29) is 17.1 Å². The van der Waals surface area contributed by atoms with E-state index in [1.807, 2.05) is 0 Å². The fourth-order valence-corrected chi connectivity index (χ4v) is 1.53. The van der Waals surface area contributed by atoms with Crippen molar-refractivity contribution in [2.24, 2.45) is 0 Å². The summed E-state index contributed by atoms with van der Waals surface area (Å²) in [6.07, 6.45) is 0. The topological polar surface area (TPSA) is 55.8 Å². The van der Waals surface area contributed by atoms with Crippen LogP contribution in [0.1, 0.15) is 22.8 Å². The number of aromatic hydroxyl groups is 1. The highest BCUT2D eigenvalue weighted by atomic mass is 16.5. The van der Waals surface area contributed by atoms with Crippen LogP contribution >= 0.6 is 0 Å². The maximum Gasteiger partial charge on any atom is 0.167 e. The SMILES string of the molecule is COc1cc(O)c(C(C)=O)c(OC)c1C. The molecule has 1 rings (SSSR count). The van der Waals surface area contributed by atoms with E-state index < -0.39 is 0 Å². The van der Waals surface area contributed by atoms with E-state index >= 15 is 0 Å². The van der Waals surface area contributed by atoms with E-state index in [1.54, 1.807) is 6.92 Å². The molecular weight excluding hydrogens is 196 g/mol. The number of ether oxygens (including phenoxy) is 2. The van der Waals surface area contributed by atoms with Crippen molar-refractivity contribution in [1.82, 2.24) is 0 Å². The number of carbonyl (C=O) groups excluding carboxylic acids is 1. The number of methoxy groups -OCH3 is 2. The molecule has 0 heterocycles. The molecule has 0 radical (unpaired) electrons. The minimum Gasteiger partial charge on any atom is -0.507 e. The number of phenols is 1. The molecule has 0 atom stereocenters. The molecule has 1 aromatic rings. The average Bonchev–Trinajstić information content (AvgIpc) is 2.19. The van der Waals surface area contributed by atoms with Crippen LogP contribution in [0.3, 0.4) is 0 Å². The van der Waals surface area contributed by atoms with Gasteiger partial charge in [0.25, 0.3) is 0 Å². The van der Waals surface area contributed by atoms with E-state index in [9.17, 15) is 9.90 Å². The number of ketones is 1. The second kappa shape index (κ2) is 4.21. The average molecular weight is 210 g/mol. The number of Topliss-reactive ketones (excluding diaryl/α,β-unsaturated/α-hetero) is 1. The lowest BCUT2D eigenvalue weighted by Gasteiger charge is -2.14. The summed E-state index contributed by atoms with van der Waals surface area (Å²) >= 11 is 0. The standard InChI is InChI=1S/C11H14O4/c1-6-9(14-3)5-8(13)10(7(2)12)11(6)15-4/h5,13H,1-4H3. The van der Waals surface area contributed by atoms with Gasteiger partial charge in [0.15, 0.2) is 5.78 Å². The molecule has 1 N–H and O–H groups in total. The van der Waals surface area contributed by atoms with Crippen LogP contribution in [-0.4, -0.2) is 25.1 Å². The molecule has 1 aromatic carbocycles. The summed E-state index contributed by atoms with van der Waals surface area (Å²) in [6, 6.07) is 1.41. The molecule has 0 aliphatic rings. The molecule has 0 saturated heterocycles. The minimum atomic E-state index is -0.241. The van der Waals surface area contributed by atoms with E-state index in [0.717, 1.165) is 0 Å². The predicted octanol–water partition coefficient (Wildman–Crippen LogP) is 1.92. The number of carbonyl (C=O) groups is 1. The molecule has 0 aliphatic carbocycles. The van der Waals surface area contributed by atoms with Crippen LogP contribution in [0.2, 0.25) is 0 Å². The van der Waals surface area contributed by atoms with E-state index in [0.29, 0.717) is 17.1 Å². The van der Waals surface area contributed by atoms with Crippen LogP contribution in [0.25, 0.3) is 0 Å². The molecule has 0 amide bonds. The number of hydrogen-bond acceptors (Lipinski definition) is 4. The third kappa shape index (κ3) is 1.88. The number of rotatable bonds is 3. The highest BCUT2D eigenvalue weighted by Gasteiger charge is 2.19. The van der Waals surface area contributed by atoms with Crippen LogP contribution in [0, 0.1) is 6.92 Å². The first-order valence-corrected chi connectivity index (χ1v) is 4.48. The van der Waals surface area contributed by atoms with Gasteiger partial charge in [-0.05, 0) is 13.8 Å². The molecule has 4 heteroatoms. The van der Waals surface area contributed by atoms with Crippen molar-refractivity contribution in [3.8, 4) is 17.2 Å². The fraction of sp³-hybridized carbons (Fsp3) is 0.364. The summed E-state index contributed by atoms with van der Waals surface area (Å²) in [4.78, 5) is 11.3. The van der Waals surface area contributed by atoms with Crippen molar-refractivity contribution in [1.29, 1.82) is 0 Å². The van der Waals surface area contributed by atoms with Gasteiger partial charge in [-0.2, -0.15) is 0 Å². The highest BCUT2D eigenvalue weighted by Crippen LogP contribution is 2.37. The first kappa shape index (κ1) is 11.4. The fourth-order valence-electron chi connectivity index (χ4n) is 1.53. The number of benzene rings is 1. The summed E-state index contributed by atoms with van der Waals surface area (Å²) in [5.74, 6) is 0.491. The minimum absolute atomic E-state index is 0.123. The molecule has 4 nitrogen and oxygen atoms in total. The van der Waals surface area contributed by atoms with Crippen molar-refractivity contribution in [3.05, 3.63) is 17.2 Å². The van der Waals surface area contributed by atoms with Gasteiger partial charge in [-0.1, -0.05) is 0 Å². The smallest absolute Gasteiger partial charge is 0.167 e. The summed E-state index contributed by atoms with van der Waals surface area (Å²) in [5.41, 5.74) is 0.888. The molecular formula is C11H14O4. The Labute approximate surface area is 88.4 Å². The zero-order valence-electron chi connectivity index (χ0n) is 9.25. The highest BCUT2D eigenvalue weighted by molar-refractivity contribution is 6.00. The van der Waals surface area contributed by atoms with E-state index in [2.05, 4.69) is 0 Å². The Kier molecular flexibility index (Phi) is 3.19. The zero-order valence-corrected chi connectivity index (χ0v) is 9.25. The molecule has 0 spiro atoms. The van der Waals surface area contributed by atoms with Gasteiger partial charge in [-0.15, -0.1) is 0 Å². The van der Waals surface area contributed by atoms with Gasteiger partial charge >= 0.3 is 0 Å². The molecule has 82 valence electrons. The molecule has 15 heavy (non-hydrogen) atoms. The largest absolute Gasteiger partial charge is 0.507 e. The quantitative estimate of drug-likeness (QED) is 0.774. The first-order valence-electron chi connectivity index (χ1n) is 4.48. The molecule has 0 saturated carbocycles. The van der Waals surface area contributed by atoms with Gasteiger partial charge in [-0.3, -0.25) is 4.79 Å². The van der Waals surface area contributed by atoms with Gasteiger partial charge < -0.3 is 14.6 Å². The third-order valence-electron chi connectivity index (χ3n) is 2.24. The Hall–Kier alpha value is -1.71. The summed E-state index contributed by atoms with van der Waals surface area (Å²) in [7, 11) is 2.95. The number of hydrogen-bond donors (Lipinski definition) is 1. The Balaban J connectivity index is 3.53. The molecule has 0 aromatic heterocycles. The summed E-state index contributed by atoms with van der Waals surface area (Å²) < 4.78 is 10.2. The van der Waals surface area contributed by atoms with Crippen molar-refractivity contribution in [2.75, 3.05) is 14.2 Å². The first-order chi connectivity index (χ1) is 7.02. The Morgan fingerprint density at radius 2 is 1.93 bits per heavy atom. The summed E-state index contributed by atoms with van der Waals surface area (Å²) in [5, 5.41) is 9.65. The van der Waals surface area contributed by atoms with Gasteiger partial charge in [0.2, 0.25) is 0 Å². The van der Waals surface area contributed by atoms with Crippen LogP contribution in [0.15, 0.2) is 6.07 Å². The molecule has 0 bridgehead atoms. The van der Waals surface area contributed by atoms with Gasteiger partial charge in [0.05, 0.1) is 14.2 Å². The van der Waals surface area contributed by atoms with Gasteiger partial charge in [0.1, 0.15) is 22.8 Å². The predicted molar refractivity (Wildman–Crippen MR) is 56.0 cm³/mol. The van der Waals surface area contributed by atoms with Gasteiger partial charge in [-0.25, -0.2) is 0 Å². The lowest BCUT2D eigenvalue weighted by Crippen LogP contribution is -2.02. The van der Waals surface area contributed by atoms with Crippen molar-refractivity contribution in [3.63, 3.8) is 0 Å². The maximum atomic E-state index is 11.3. The van der Waals surface area contributed by atoms with Crippen molar-refractivity contribution < 1.29 is 19.4 Å². The molecule has 0 aliphatic heterocycles. The Morgan fingerprint density at radius 1 is 1.33 bits per heavy atom. The Bertz CT molecular complexity index is 396. The Morgan fingerprint density at radius 3 is 2.33 bits per heavy atom. The van der Waals surface area contributed by atoms with Crippen LogP contribution in [0.5, 0.6) is 17.2 Å².